The number of rotatable bonds is 4. The van der Waals surface area contributed by atoms with E-state index in [2.05, 4.69) is 182 Å². The molecule has 0 bridgehead atoms. The van der Waals surface area contributed by atoms with Crippen LogP contribution in [0.4, 0.5) is 0 Å². The first-order valence-corrected chi connectivity index (χ1v) is 19.0. The Morgan fingerprint density at radius 1 is 0.232 bits per heavy atom. The molecule has 4 aromatic heterocycles. The zero-order valence-corrected chi connectivity index (χ0v) is 30.1. The Morgan fingerprint density at radius 2 is 0.482 bits per heavy atom. The Balaban J connectivity index is 1.24. The van der Waals surface area contributed by atoms with Gasteiger partial charge in [0.2, 0.25) is 0 Å². The molecule has 0 spiro atoms. The lowest BCUT2D eigenvalue weighted by molar-refractivity contribution is 1.39. The third-order valence-electron chi connectivity index (χ3n) is 11.4. The van der Waals surface area contributed by atoms with E-state index in [4.69, 9.17) is 19.9 Å². The van der Waals surface area contributed by atoms with Crippen LogP contribution in [0.3, 0.4) is 0 Å². The minimum Gasteiger partial charge on any atom is -0.248 e. The summed E-state index contributed by atoms with van der Waals surface area (Å²) in [6, 6.07) is 64.3. The first kappa shape index (κ1) is 30.9. The van der Waals surface area contributed by atoms with E-state index in [1.165, 1.54) is 10.8 Å². The van der Waals surface area contributed by atoms with Crippen LogP contribution in [0.25, 0.3) is 121 Å². The highest BCUT2D eigenvalue weighted by Gasteiger charge is 2.23. The fourth-order valence-corrected chi connectivity index (χ4v) is 8.70. The maximum atomic E-state index is 5.26. The molecule has 56 heavy (non-hydrogen) atoms. The summed E-state index contributed by atoms with van der Waals surface area (Å²) in [4.78, 5) is 21.0. The van der Waals surface area contributed by atoms with E-state index in [0.29, 0.717) is 0 Å². The van der Waals surface area contributed by atoms with Crippen molar-refractivity contribution in [1.82, 2.24) is 19.9 Å². The van der Waals surface area contributed by atoms with Crippen LogP contribution in [0.5, 0.6) is 0 Å². The summed E-state index contributed by atoms with van der Waals surface area (Å²) in [5.41, 5.74) is 11.9. The van der Waals surface area contributed by atoms with E-state index >= 15 is 0 Å². The van der Waals surface area contributed by atoms with Gasteiger partial charge in [0, 0.05) is 43.8 Å². The fourth-order valence-electron chi connectivity index (χ4n) is 8.70. The van der Waals surface area contributed by atoms with Gasteiger partial charge in [0.1, 0.15) is 0 Å². The topological polar surface area (TPSA) is 51.6 Å². The van der Waals surface area contributed by atoms with Crippen molar-refractivity contribution < 1.29 is 0 Å². The summed E-state index contributed by atoms with van der Waals surface area (Å²) < 4.78 is 0. The van der Waals surface area contributed by atoms with E-state index in [0.717, 1.165) is 110 Å². The van der Waals surface area contributed by atoms with Gasteiger partial charge >= 0.3 is 0 Å². The Hall–Kier alpha value is -7.56. The highest BCUT2D eigenvalue weighted by Crippen LogP contribution is 2.48. The number of hydrogen-bond donors (Lipinski definition) is 0. The third kappa shape index (κ3) is 4.73. The van der Waals surface area contributed by atoms with Gasteiger partial charge in [0.05, 0.1) is 44.8 Å². The lowest BCUT2D eigenvalue weighted by atomic mass is 9.83. The molecule has 0 amide bonds. The number of hydrogen-bond acceptors (Lipinski definition) is 4. The van der Waals surface area contributed by atoms with Crippen LogP contribution in [-0.4, -0.2) is 19.9 Å². The van der Waals surface area contributed by atoms with Gasteiger partial charge in [0.15, 0.2) is 0 Å². The van der Waals surface area contributed by atoms with Crippen LogP contribution in [0.15, 0.2) is 182 Å². The van der Waals surface area contributed by atoms with Crippen molar-refractivity contribution in [3.8, 4) is 45.0 Å². The molecule has 8 aromatic carbocycles. The predicted molar refractivity (Wildman–Crippen MR) is 233 cm³/mol. The predicted octanol–water partition coefficient (Wildman–Crippen LogP) is 13.4. The molecular weight excluding hydrogens is 681 g/mol. The average molecular weight is 711 g/mol. The van der Waals surface area contributed by atoms with Crippen LogP contribution < -0.4 is 0 Å². The summed E-state index contributed by atoms with van der Waals surface area (Å²) >= 11 is 0. The molecule has 0 aliphatic rings. The largest absolute Gasteiger partial charge is 0.248 e. The molecule has 0 aliphatic carbocycles. The molecule has 0 saturated heterocycles. The van der Waals surface area contributed by atoms with Crippen molar-refractivity contribution in [2.75, 3.05) is 0 Å². The van der Waals surface area contributed by atoms with Crippen LogP contribution in [0.1, 0.15) is 0 Å². The quantitative estimate of drug-likeness (QED) is 0.171. The summed E-state index contributed by atoms with van der Waals surface area (Å²) in [5, 5.41) is 11.4. The van der Waals surface area contributed by atoms with Crippen molar-refractivity contribution in [3.63, 3.8) is 0 Å². The van der Waals surface area contributed by atoms with Gasteiger partial charge in [-0.3, -0.25) is 0 Å². The molecule has 4 heteroatoms. The summed E-state index contributed by atoms with van der Waals surface area (Å²) in [5.74, 6) is 0. The standard InChI is InChI=1S/C52H30N4/c1-5-13-43-31(9-1)17-25-47(53-43)39-29-40(48-26-18-32-10-2-6-14-44(32)54-48)36-23-24-38-42(50-28-20-34-12-4-8-16-46(34)56-50)30-41(37-22-21-35(39)51(36)52(37)38)49-27-19-33-11-3-7-15-45(33)55-49/h1-30H. The molecule has 0 saturated carbocycles. The monoisotopic (exact) mass is 710 g/mol. The first-order valence-electron chi connectivity index (χ1n) is 19.0. The molecule has 0 unspecified atom stereocenters. The number of nitrogens with zero attached hydrogens (tertiary/aromatic N) is 4. The van der Waals surface area contributed by atoms with E-state index < -0.39 is 0 Å². The highest BCUT2D eigenvalue weighted by atomic mass is 14.7. The van der Waals surface area contributed by atoms with E-state index in [-0.39, 0.29) is 0 Å². The van der Waals surface area contributed by atoms with Crippen molar-refractivity contribution in [1.29, 1.82) is 0 Å². The minimum atomic E-state index is 0.927. The van der Waals surface area contributed by atoms with Gasteiger partial charge in [-0.25, -0.2) is 19.9 Å². The van der Waals surface area contributed by atoms with Crippen LogP contribution in [0, 0.1) is 0 Å². The number of benzene rings is 8. The van der Waals surface area contributed by atoms with Crippen molar-refractivity contribution >= 4 is 75.9 Å². The summed E-state index contributed by atoms with van der Waals surface area (Å²) in [7, 11) is 0. The second kappa shape index (κ2) is 12.0. The van der Waals surface area contributed by atoms with Crippen molar-refractivity contribution in [2.45, 2.75) is 0 Å². The maximum Gasteiger partial charge on any atom is 0.0716 e. The van der Waals surface area contributed by atoms with Crippen LogP contribution in [0.2, 0.25) is 0 Å². The van der Waals surface area contributed by atoms with Crippen molar-refractivity contribution in [3.05, 3.63) is 182 Å². The Labute approximate surface area is 321 Å². The van der Waals surface area contributed by atoms with Gasteiger partial charge in [-0.1, -0.05) is 121 Å². The van der Waals surface area contributed by atoms with Gasteiger partial charge in [-0.05, 0) is 93.0 Å². The molecule has 4 heterocycles. The summed E-state index contributed by atoms with van der Waals surface area (Å²) in [6.07, 6.45) is 0. The van der Waals surface area contributed by atoms with E-state index in [1.807, 2.05) is 0 Å². The van der Waals surface area contributed by atoms with Gasteiger partial charge in [-0.2, -0.15) is 0 Å². The number of pyridine rings is 4. The smallest absolute Gasteiger partial charge is 0.0716 e. The molecule has 0 N–H and O–H groups in total. The van der Waals surface area contributed by atoms with E-state index in [1.54, 1.807) is 0 Å². The number of fused-ring (bicyclic) bond motifs is 4. The molecule has 12 aromatic rings. The highest BCUT2D eigenvalue weighted by molar-refractivity contribution is 6.31. The van der Waals surface area contributed by atoms with Gasteiger partial charge < -0.3 is 0 Å². The fraction of sp³-hybridized carbons (Fsp3) is 0. The maximum absolute atomic E-state index is 5.26. The van der Waals surface area contributed by atoms with Gasteiger partial charge in [0.25, 0.3) is 0 Å². The zero-order valence-electron chi connectivity index (χ0n) is 30.1. The minimum absolute atomic E-state index is 0.927. The van der Waals surface area contributed by atoms with Crippen molar-refractivity contribution in [2.24, 2.45) is 0 Å². The third-order valence-corrected chi connectivity index (χ3v) is 11.4. The number of para-hydroxylation sites is 4. The lowest BCUT2D eigenvalue weighted by Gasteiger charge is -2.21. The Kier molecular flexibility index (Phi) is 6.60. The second-order valence-electron chi connectivity index (χ2n) is 14.6. The lowest BCUT2D eigenvalue weighted by Crippen LogP contribution is -1.97. The molecular formula is C52H30N4. The SMILES string of the molecule is c1ccc2nc(-c3cc(-c4ccc5ccccc5n4)c4ccc5c(-c6ccc7ccccc7n6)cc(-c6ccc7ccccc7n6)c6ccc3c4c65)ccc2c1. The average Bonchev–Trinajstić information content (AvgIpc) is 3.27. The molecule has 0 fully saturated rings. The second-order valence-corrected chi connectivity index (χ2v) is 14.6. The van der Waals surface area contributed by atoms with Gasteiger partial charge in [-0.15, -0.1) is 0 Å². The molecule has 4 nitrogen and oxygen atoms in total. The molecule has 0 aliphatic heterocycles. The normalized spacial score (nSPS) is 11.9. The summed E-state index contributed by atoms with van der Waals surface area (Å²) in [6.45, 7) is 0. The molecule has 0 atom stereocenters. The molecule has 0 radical (unpaired) electrons. The Morgan fingerprint density at radius 3 is 0.750 bits per heavy atom. The Bertz CT molecular complexity index is 3090. The van der Waals surface area contributed by atoms with Crippen LogP contribution >= 0.6 is 0 Å². The van der Waals surface area contributed by atoms with Crippen LogP contribution in [-0.2, 0) is 0 Å². The number of aromatic nitrogens is 4. The van der Waals surface area contributed by atoms with E-state index in [9.17, 15) is 0 Å². The first-order chi connectivity index (χ1) is 27.7. The molecule has 12 rings (SSSR count). The zero-order chi connectivity index (χ0) is 36.7. The molecule has 258 valence electrons.